The van der Waals surface area contributed by atoms with Gasteiger partial charge < -0.3 is 20.3 Å². The van der Waals surface area contributed by atoms with Gasteiger partial charge in [0.2, 0.25) is 11.8 Å². The Balaban J connectivity index is 1.69. The van der Waals surface area contributed by atoms with Crippen LogP contribution in [0.4, 0.5) is 17.1 Å². The van der Waals surface area contributed by atoms with Crippen LogP contribution >= 0.6 is 0 Å². The van der Waals surface area contributed by atoms with Gasteiger partial charge in [0, 0.05) is 24.8 Å². The minimum atomic E-state index is -0.432. The molecule has 27 heavy (non-hydrogen) atoms. The van der Waals surface area contributed by atoms with Gasteiger partial charge in [-0.1, -0.05) is 6.07 Å². The van der Waals surface area contributed by atoms with Gasteiger partial charge >= 0.3 is 0 Å². The van der Waals surface area contributed by atoms with Crippen molar-refractivity contribution in [3.05, 3.63) is 47.5 Å². The van der Waals surface area contributed by atoms with E-state index >= 15 is 0 Å². The summed E-state index contributed by atoms with van der Waals surface area (Å²) in [5.41, 5.74) is 4.62. The summed E-state index contributed by atoms with van der Waals surface area (Å²) in [5.74, 6) is 0.530. The highest BCUT2D eigenvalue weighted by atomic mass is 16.5. The number of rotatable bonds is 5. The molecule has 1 heterocycles. The number of aryl methyl sites for hydroxylation is 1. The van der Waals surface area contributed by atoms with Crippen LogP contribution in [0.5, 0.6) is 5.75 Å². The molecule has 0 saturated carbocycles. The molecule has 0 fully saturated rings. The predicted molar refractivity (Wildman–Crippen MR) is 108 cm³/mol. The fraction of sp³-hybridized carbons (Fsp3) is 0.333. The van der Waals surface area contributed by atoms with Gasteiger partial charge in [0.15, 0.2) is 0 Å². The van der Waals surface area contributed by atoms with Crippen LogP contribution in [0.1, 0.15) is 25.0 Å². The summed E-state index contributed by atoms with van der Waals surface area (Å²) >= 11 is 0. The number of nitrogens with one attached hydrogen (secondary N) is 2. The van der Waals surface area contributed by atoms with Crippen LogP contribution in [0.25, 0.3) is 0 Å². The maximum Gasteiger partial charge on any atom is 0.246 e. The average Bonchev–Trinajstić information content (AvgIpc) is 3.05. The second kappa shape index (κ2) is 7.70. The zero-order valence-corrected chi connectivity index (χ0v) is 16.1. The molecule has 0 unspecified atom stereocenters. The van der Waals surface area contributed by atoms with Crippen molar-refractivity contribution in [2.75, 3.05) is 29.2 Å². The van der Waals surface area contributed by atoms with E-state index in [0.29, 0.717) is 18.0 Å². The van der Waals surface area contributed by atoms with Gasteiger partial charge in [0.25, 0.3) is 0 Å². The molecular weight excluding hydrogens is 342 g/mol. The topological polar surface area (TPSA) is 70.7 Å². The van der Waals surface area contributed by atoms with Crippen molar-refractivity contribution in [2.24, 2.45) is 0 Å². The molecular formula is C21H25N3O3. The van der Waals surface area contributed by atoms with Crippen molar-refractivity contribution in [1.82, 2.24) is 0 Å². The molecule has 2 N–H and O–H groups in total. The van der Waals surface area contributed by atoms with Crippen molar-refractivity contribution in [1.29, 1.82) is 0 Å². The Kier molecular flexibility index (Phi) is 5.35. The van der Waals surface area contributed by atoms with E-state index in [0.717, 1.165) is 28.9 Å². The van der Waals surface area contributed by atoms with Crippen LogP contribution in [-0.2, 0) is 16.0 Å². The number of anilines is 3. The first-order valence-corrected chi connectivity index (χ1v) is 9.02. The maximum absolute atomic E-state index is 12.6. The van der Waals surface area contributed by atoms with E-state index in [-0.39, 0.29) is 11.8 Å². The molecule has 0 bridgehead atoms. The molecule has 0 radical (unpaired) electrons. The van der Waals surface area contributed by atoms with E-state index in [4.69, 9.17) is 4.74 Å². The van der Waals surface area contributed by atoms with Crippen molar-refractivity contribution in [2.45, 2.75) is 33.2 Å². The Morgan fingerprint density at radius 2 is 1.96 bits per heavy atom. The molecule has 0 aliphatic carbocycles. The number of carbonyl (C=O) groups excluding carboxylic acids is 2. The number of hydrogen-bond donors (Lipinski definition) is 2. The van der Waals surface area contributed by atoms with Gasteiger partial charge in [-0.15, -0.1) is 0 Å². The molecule has 3 rings (SSSR count). The monoisotopic (exact) mass is 367 g/mol. The molecule has 142 valence electrons. The summed E-state index contributed by atoms with van der Waals surface area (Å²) in [5, 5.41) is 6.15. The molecule has 0 saturated heterocycles. The lowest BCUT2D eigenvalue weighted by atomic mass is 10.1. The molecule has 2 aromatic carbocycles. The van der Waals surface area contributed by atoms with Crippen LogP contribution in [-0.4, -0.2) is 31.5 Å². The lowest BCUT2D eigenvalue weighted by molar-refractivity contribution is -0.117. The second-order valence-electron chi connectivity index (χ2n) is 6.82. The Hall–Kier alpha value is -3.02. The van der Waals surface area contributed by atoms with Crippen LogP contribution in [0.2, 0.25) is 0 Å². The van der Waals surface area contributed by atoms with E-state index in [1.54, 1.807) is 18.9 Å². The van der Waals surface area contributed by atoms with Crippen LogP contribution in [0, 0.1) is 6.92 Å². The third-order valence-corrected chi connectivity index (χ3v) is 4.74. The second-order valence-corrected chi connectivity index (χ2v) is 6.82. The summed E-state index contributed by atoms with van der Waals surface area (Å²) in [6.45, 7) is 6.06. The van der Waals surface area contributed by atoms with Crippen LogP contribution in [0.15, 0.2) is 36.4 Å². The molecule has 1 aliphatic rings. The summed E-state index contributed by atoms with van der Waals surface area (Å²) in [4.78, 5) is 26.0. The van der Waals surface area contributed by atoms with Crippen LogP contribution < -0.4 is 20.3 Å². The summed E-state index contributed by atoms with van der Waals surface area (Å²) in [6.07, 6.45) is 0.825. The minimum absolute atomic E-state index is 0.0503. The SMILES string of the molecule is COc1ccc(C)cc1NC(=O)[C@@H](C)Nc1ccc2c(c1)CCN2C(C)=O. The van der Waals surface area contributed by atoms with E-state index in [2.05, 4.69) is 10.6 Å². The number of nitrogens with zero attached hydrogens (tertiary/aromatic N) is 1. The standard InChI is InChI=1S/C21H25N3O3/c1-13-5-8-20(27-4)18(11-13)23-21(26)14(2)22-17-6-7-19-16(12-17)9-10-24(19)15(3)25/h5-8,11-12,14,22H,9-10H2,1-4H3,(H,23,26)/t14-/m1/s1. The lowest BCUT2D eigenvalue weighted by Crippen LogP contribution is -2.32. The Morgan fingerprint density at radius 3 is 2.67 bits per heavy atom. The Labute approximate surface area is 159 Å². The molecule has 1 aliphatic heterocycles. The average molecular weight is 367 g/mol. The molecule has 1 atom stereocenters. The Bertz CT molecular complexity index is 879. The van der Waals surface area contributed by atoms with Crippen molar-refractivity contribution in [3.63, 3.8) is 0 Å². The smallest absolute Gasteiger partial charge is 0.246 e. The fourth-order valence-electron chi connectivity index (χ4n) is 3.29. The zero-order chi connectivity index (χ0) is 19.6. The zero-order valence-electron chi connectivity index (χ0n) is 16.1. The quantitative estimate of drug-likeness (QED) is 0.850. The molecule has 2 amide bonds. The van der Waals surface area contributed by atoms with Crippen molar-refractivity contribution >= 4 is 28.9 Å². The number of hydrogen-bond acceptors (Lipinski definition) is 4. The number of ether oxygens (including phenoxy) is 1. The maximum atomic E-state index is 12.6. The fourth-order valence-corrected chi connectivity index (χ4v) is 3.29. The Morgan fingerprint density at radius 1 is 1.19 bits per heavy atom. The van der Waals surface area contributed by atoms with E-state index in [9.17, 15) is 9.59 Å². The van der Waals surface area contributed by atoms with Gasteiger partial charge in [0.05, 0.1) is 12.8 Å². The van der Waals surface area contributed by atoms with Gasteiger partial charge in [-0.2, -0.15) is 0 Å². The highest BCUT2D eigenvalue weighted by Gasteiger charge is 2.23. The van der Waals surface area contributed by atoms with E-state index in [1.807, 2.05) is 50.2 Å². The molecule has 2 aromatic rings. The molecule has 0 spiro atoms. The number of carbonyl (C=O) groups is 2. The van der Waals surface area contributed by atoms with Crippen molar-refractivity contribution in [3.8, 4) is 5.75 Å². The van der Waals surface area contributed by atoms with Gasteiger partial charge in [0.1, 0.15) is 11.8 Å². The van der Waals surface area contributed by atoms with E-state index in [1.165, 1.54) is 0 Å². The number of methoxy groups -OCH3 is 1. The van der Waals surface area contributed by atoms with E-state index < -0.39 is 6.04 Å². The normalized spacial score (nSPS) is 13.7. The first-order chi connectivity index (χ1) is 12.9. The summed E-state index contributed by atoms with van der Waals surface area (Å²) in [7, 11) is 1.58. The minimum Gasteiger partial charge on any atom is -0.495 e. The van der Waals surface area contributed by atoms with Gasteiger partial charge in [-0.05, 0) is 61.7 Å². The first kappa shape index (κ1) is 18.8. The highest BCUT2D eigenvalue weighted by molar-refractivity contribution is 5.98. The number of benzene rings is 2. The molecule has 0 aromatic heterocycles. The largest absolute Gasteiger partial charge is 0.495 e. The summed E-state index contributed by atoms with van der Waals surface area (Å²) < 4.78 is 5.31. The number of fused-ring (bicyclic) bond motifs is 1. The highest BCUT2D eigenvalue weighted by Crippen LogP contribution is 2.31. The van der Waals surface area contributed by atoms with Crippen molar-refractivity contribution < 1.29 is 14.3 Å². The van der Waals surface area contributed by atoms with Gasteiger partial charge in [-0.3, -0.25) is 9.59 Å². The summed E-state index contributed by atoms with van der Waals surface area (Å²) in [6, 6.07) is 11.1. The third-order valence-electron chi connectivity index (χ3n) is 4.74. The predicted octanol–water partition coefficient (Wildman–Crippen LogP) is 3.35. The first-order valence-electron chi connectivity index (χ1n) is 9.02. The molecule has 6 heteroatoms. The lowest BCUT2D eigenvalue weighted by Gasteiger charge is -2.18. The molecule has 6 nitrogen and oxygen atoms in total. The van der Waals surface area contributed by atoms with Gasteiger partial charge in [-0.25, -0.2) is 0 Å². The van der Waals surface area contributed by atoms with Crippen LogP contribution in [0.3, 0.4) is 0 Å². The number of amides is 2. The third kappa shape index (κ3) is 4.05.